The summed E-state index contributed by atoms with van der Waals surface area (Å²) in [6, 6.07) is 1.71. The smallest absolute Gasteiger partial charge is 0.0247 e. The average molecular weight is 199 g/mol. The first-order chi connectivity index (χ1) is 4.38. The first-order valence-electron chi connectivity index (χ1n) is 3.81. The van der Waals surface area contributed by atoms with E-state index in [0.717, 1.165) is 12.1 Å². The summed E-state index contributed by atoms with van der Waals surface area (Å²) in [5, 5.41) is 3.51. The summed E-state index contributed by atoms with van der Waals surface area (Å²) in [7, 11) is 2.23. The Morgan fingerprint density at radius 2 is 2.00 bits per heavy atom. The number of halogens is 2. The largest absolute Gasteiger partial charge is 0.311 e. The Labute approximate surface area is 80.5 Å². The predicted molar refractivity (Wildman–Crippen MR) is 51.9 cm³/mol. The van der Waals surface area contributed by atoms with Crippen molar-refractivity contribution in [3.8, 4) is 0 Å². The molecule has 0 radical (unpaired) electrons. The highest BCUT2D eigenvalue weighted by Gasteiger charge is 2.35. The molecule has 1 saturated carbocycles. The van der Waals surface area contributed by atoms with Crippen LogP contribution in [0.2, 0.25) is 0 Å². The Morgan fingerprint density at radius 1 is 1.27 bits per heavy atom. The first-order valence-corrected chi connectivity index (χ1v) is 3.81. The summed E-state index contributed by atoms with van der Waals surface area (Å²) < 4.78 is 0. The van der Waals surface area contributed by atoms with Gasteiger partial charge in [-0.25, -0.2) is 0 Å². The molecule has 0 aromatic heterocycles. The quantitative estimate of drug-likeness (QED) is 0.623. The summed E-state index contributed by atoms with van der Waals surface area (Å²) in [6.07, 6.45) is 2.81. The third kappa shape index (κ3) is 2.00. The molecule has 11 heavy (non-hydrogen) atoms. The van der Waals surface area contributed by atoms with Crippen LogP contribution < -0.4 is 5.32 Å². The molecule has 0 bridgehead atoms. The van der Waals surface area contributed by atoms with Gasteiger partial charge in [-0.15, -0.1) is 24.8 Å². The Balaban J connectivity index is 0.000000500. The molecule has 2 atom stereocenters. The molecule has 2 rings (SSSR count). The van der Waals surface area contributed by atoms with Crippen molar-refractivity contribution in [2.45, 2.75) is 24.9 Å². The second-order valence-corrected chi connectivity index (χ2v) is 3.19. The van der Waals surface area contributed by atoms with Crippen molar-refractivity contribution >= 4 is 24.8 Å². The number of likely N-dealkylation sites (N-methyl/N-ethyl adjacent to an activating group) is 1. The van der Waals surface area contributed by atoms with Gasteiger partial charge < -0.3 is 10.2 Å². The number of hydrogen-bond donors (Lipinski definition) is 1. The van der Waals surface area contributed by atoms with Crippen molar-refractivity contribution in [1.29, 1.82) is 0 Å². The van der Waals surface area contributed by atoms with E-state index in [1.165, 1.54) is 25.9 Å². The predicted octanol–water partition coefficient (Wildman–Crippen LogP) is 0.896. The minimum Gasteiger partial charge on any atom is -0.311 e. The molecule has 2 aliphatic rings. The van der Waals surface area contributed by atoms with E-state index in [9.17, 15) is 0 Å². The maximum atomic E-state index is 3.51. The molecule has 68 valence electrons. The average Bonchev–Trinajstić information content (AvgIpc) is 1.74. The molecule has 2 fully saturated rings. The van der Waals surface area contributed by atoms with Crippen LogP contribution in [-0.2, 0) is 0 Å². The summed E-state index contributed by atoms with van der Waals surface area (Å²) >= 11 is 0. The van der Waals surface area contributed by atoms with Crippen LogP contribution >= 0.6 is 24.8 Å². The Bertz CT molecular complexity index is 115. The van der Waals surface area contributed by atoms with Crippen LogP contribution in [0, 0.1) is 0 Å². The van der Waals surface area contributed by atoms with E-state index in [0.29, 0.717) is 0 Å². The van der Waals surface area contributed by atoms with Crippen LogP contribution in [0.15, 0.2) is 0 Å². The van der Waals surface area contributed by atoms with Crippen molar-refractivity contribution in [2.75, 3.05) is 20.1 Å². The van der Waals surface area contributed by atoms with Crippen LogP contribution in [0.3, 0.4) is 0 Å². The highest BCUT2D eigenvalue weighted by atomic mass is 35.5. The van der Waals surface area contributed by atoms with Crippen molar-refractivity contribution in [3.05, 3.63) is 0 Å². The molecule has 0 aromatic carbocycles. The molecule has 1 heterocycles. The number of nitrogens with zero attached hydrogens (tertiary/aromatic N) is 1. The van der Waals surface area contributed by atoms with Gasteiger partial charge in [0.05, 0.1) is 0 Å². The van der Waals surface area contributed by atoms with Crippen molar-refractivity contribution in [3.63, 3.8) is 0 Å². The van der Waals surface area contributed by atoms with Crippen molar-refractivity contribution < 1.29 is 0 Å². The molecule has 1 aliphatic carbocycles. The van der Waals surface area contributed by atoms with Crippen LogP contribution in [0.5, 0.6) is 0 Å². The fourth-order valence-corrected chi connectivity index (χ4v) is 1.84. The number of nitrogens with one attached hydrogen (secondary N) is 1. The number of rotatable bonds is 0. The van der Waals surface area contributed by atoms with Gasteiger partial charge in [0.2, 0.25) is 0 Å². The van der Waals surface area contributed by atoms with Gasteiger partial charge in [-0.2, -0.15) is 0 Å². The van der Waals surface area contributed by atoms with Crippen molar-refractivity contribution in [2.24, 2.45) is 0 Å². The van der Waals surface area contributed by atoms with E-state index in [-0.39, 0.29) is 24.8 Å². The van der Waals surface area contributed by atoms with E-state index in [4.69, 9.17) is 0 Å². The Kier molecular flexibility index (Phi) is 4.71. The molecule has 1 saturated heterocycles. The zero-order valence-corrected chi connectivity index (χ0v) is 8.38. The molecule has 1 aliphatic heterocycles. The Hall–Kier alpha value is 0.500. The normalized spacial score (nSPS) is 35.7. The van der Waals surface area contributed by atoms with Gasteiger partial charge in [0, 0.05) is 25.2 Å². The fourth-order valence-electron chi connectivity index (χ4n) is 1.84. The number of fused-ring (bicyclic) bond motifs is 1. The SMILES string of the molecule is CN1CCN[C@H]2CC[C@H]21.Cl.Cl. The monoisotopic (exact) mass is 198 g/mol. The lowest BCUT2D eigenvalue weighted by Gasteiger charge is -2.47. The van der Waals surface area contributed by atoms with Crippen molar-refractivity contribution in [1.82, 2.24) is 10.2 Å². The summed E-state index contributed by atoms with van der Waals surface area (Å²) in [5.74, 6) is 0. The molecular weight excluding hydrogens is 183 g/mol. The van der Waals surface area contributed by atoms with Crippen LogP contribution in [-0.4, -0.2) is 37.1 Å². The fraction of sp³-hybridized carbons (Fsp3) is 1.00. The van der Waals surface area contributed by atoms with E-state index in [1.807, 2.05) is 0 Å². The second-order valence-electron chi connectivity index (χ2n) is 3.19. The van der Waals surface area contributed by atoms with Gasteiger partial charge in [-0.3, -0.25) is 0 Å². The minimum absolute atomic E-state index is 0. The standard InChI is InChI=1S/C7H14N2.2ClH/c1-9-5-4-8-6-2-3-7(6)9;;/h6-8H,2-5H2,1H3;2*1H/t6-,7+;;/m0../s1. The van der Waals surface area contributed by atoms with E-state index >= 15 is 0 Å². The lowest BCUT2D eigenvalue weighted by Crippen LogP contribution is -2.61. The maximum Gasteiger partial charge on any atom is 0.0247 e. The second kappa shape index (κ2) is 4.51. The third-order valence-corrected chi connectivity index (χ3v) is 2.68. The molecular formula is C7H16Cl2N2. The van der Waals surface area contributed by atoms with Gasteiger partial charge in [-0.05, 0) is 19.9 Å². The van der Waals surface area contributed by atoms with Gasteiger partial charge in [0.25, 0.3) is 0 Å². The first kappa shape index (κ1) is 11.5. The highest BCUT2D eigenvalue weighted by Crippen LogP contribution is 2.26. The molecule has 2 nitrogen and oxygen atoms in total. The molecule has 1 N–H and O–H groups in total. The van der Waals surface area contributed by atoms with Gasteiger partial charge in [-0.1, -0.05) is 0 Å². The van der Waals surface area contributed by atoms with E-state index < -0.39 is 0 Å². The van der Waals surface area contributed by atoms with Crippen LogP contribution in [0.4, 0.5) is 0 Å². The van der Waals surface area contributed by atoms with Crippen LogP contribution in [0.1, 0.15) is 12.8 Å². The minimum atomic E-state index is 0. The van der Waals surface area contributed by atoms with E-state index in [2.05, 4.69) is 17.3 Å². The molecule has 0 unspecified atom stereocenters. The zero-order chi connectivity index (χ0) is 6.27. The Morgan fingerprint density at radius 3 is 2.36 bits per heavy atom. The molecule has 0 aromatic rings. The topological polar surface area (TPSA) is 15.3 Å². The molecule has 0 amide bonds. The summed E-state index contributed by atoms with van der Waals surface area (Å²) in [5.41, 5.74) is 0. The number of hydrogen-bond acceptors (Lipinski definition) is 2. The van der Waals surface area contributed by atoms with Gasteiger partial charge in [0.1, 0.15) is 0 Å². The third-order valence-electron chi connectivity index (χ3n) is 2.68. The van der Waals surface area contributed by atoms with Gasteiger partial charge >= 0.3 is 0 Å². The van der Waals surface area contributed by atoms with Crippen LogP contribution in [0.25, 0.3) is 0 Å². The summed E-state index contributed by atoms with van der Waals surface area (Å²) in [4.78, 5) is 2.48. The molecule has 4 heteroatoms. The highest BCUT2D eigenvalue weighted by molar-refractivity contribution is 5.85. The zero-order valence-electron chi connectivity index (χ0n) is 6.75. The summed E-state index contributed by atoms with van der Waals surface area (Å²) in [6.45, 7) is 2.43. The molecule has 0 spiro atoms. The lowest BCUT2D eigenvalue weighted by molar-refractivity contribution is 0.0750. The van der Waals surface area contributed by atoms with E-state index in [1.54, 1.807) is 0 Å². The van der Waals surface area contributed by atoms with Gasteiger partial charge in [0.15, 0.2) is 0 Å². The maximum absolute atomic E-state index is 3.51. The lowest BCUT2D eigenvalue weighted by atomic mass is 9.84. The number of piperazine rings is 1.